The Morgan fingerprint density at radius 1 is 1.50 bits per heavy atom. The predicted molar refractivity (Wildman–Crippen MR) is 48.0 cm³/mol. The van der Waals surface area contributed by atoms with Crippen LogP contribution in [-0.4, -0.2) is 34.3 Å². The molecule has 0 aliphatic carbocycles. The average molecular weight is 233 g/mol. The van der Waals surface area contributed by atoms with Gasteiger partial charge in [0.25, 0.3) is 0 Å². The van der Waals surface area contributed by atoms with E-state index in [1.54, 1.807) is 6.20 Å². The van der Waals surface area contributed by atoms with Gasteiger partial charge in [0.1, 0.15) is 0 Å². The van der Waals surface area contributed by atoms with Gasteiger partial charge < -0.3 is 5.32 Å². The zero-order valence-electron chi connectivity index (χ0n) is 8.28. The zero-order chi connectivity index (χ0) is 12.0. The van der Waals surface area contributed by atoms with Gasteiger partial charge in [-0.25, -0.2) is 0 Å². The van der Waals surface area contributed by atoms with Crippen LogP contribution in [0.25, 0.3) is 0 Å². The Balaban J connectivity index is 2.22. The van der Waals surface area contributed by atoms with Gasteiger partial charge in [0.2, 0.25) is 0 Å². The highest BCUT2D eigenvalue weighted by Crippen LogP contribution is 2.24. The molecule has 0 radical (unpaired) electrons. The summed E-state index contributed by atoms with van der Waals surface area (Å²) < 4.78 is 37.9. The first-order chi connectivity index (χ1) is 7.54. The molecule has 1 unspecified atom stereocenters. The quantitative estimate of drug-likeness (QED) is 0.755. The molecule has 16 heavy (non-hydrogen) atoms. The van der Waals surface area contributed by atoms with Gasteiger partial charge >= 0.3 is 6.18 Å². The average Bonchev–Trinajstić information content (AvgIpc) is 2.68. The van der Waals surface area contributed by atoms with Crippen LogP contribution < -0.4 is 5.32 Å². The second-order valence-corrected chi connectivity index (χ2v) is 3.09. The van der Waals surface area contributed by atoms with Gasteiger partial charge in [0.05, 0.1) is 18.8 Å². The fourth-order valence-electron chi connectivity index (χ4n) is 1.03. The minimum atomic E-state index is -4.48. The van der Waals surface area contributed by atoms with Crippen molar-refractivity contribution in [1.82, 2.24) is 20.3 Å². The first-order valence-corrected chi connectivity index (χ1v) is 4.55. The number of alkyl halides is 3. The van der Waals surface area contributed by atoms with E-state index >= 15 is 0 Å². The summed E-state index contributed by atoms with van der Waals surface area (Å²) in [5.41, 5.74) is 0. The van der Waals surface area contributed by atoms with Crippen molar-refractivity contribution in [3.8, 4) is 6.07 Å². The van der Waals surface area contributed by atoms with Gasteiger partial charge in [-0.2, -0.15) is 18.4 Å². The Bertz CT molecular complexity index is 340. The molecule has 1 atom stereocenters. The van der Waals surface area contributed by atoms with Crippen molar-refractivity contribution < 1.29 is 13.2 Å². The number of halogens is 3. The van der Waals surface area contributed by atoms with Crippen molar-refractivity contribution in [2.45, 2.75) is 12.7 Å². The molecule has 0 saturated carbocycles. The molecule has 88 valence electrons. The second kappa shape index (κ2) is 5.46. The fraction of sp³-hybridized carbons (Fsp3) is 0.625. The van der Waals surface area contributed by atoms with Crippen LogP contribution in [0.5, 0.6) is 0 Å². The molecule has 1 aromatic rings. The number of nitrogens with zero attached hydrogens (tertiary/aromatic N) is 4. The molecule has 1 heterocycles. The Kier molecular flexibility index (Phi) is 4.25. The molecular weight excluding hydrogens is 223 g/mol. The number of aromatic nitrogens is 3. The highest BCUT2D eigenvalue weighted by molar-refractivity contribution is 4.89. The van der Waals surface area contributed by atoms with Gasteiger partial charge in [-0.3, -0.25) is 4.68 Å². The Labute approximate surface area is 89.9 Å². The molecule has 0 fully saturated rings. The lowest BCUT2D eigenvalue weighted by Crippen LogP contribution is -2.34. The monoisotopic (exact) mass is 233 g/mol. The summed E-state index contributed by atoms with van der Waals surface area (Å²) in [6.07, 6.45) is -1.39. The lowest BCUT2D eigenvalue weighted by molar-refractivity contribution is -0.157. The molecule has 5 nitrogen and oxygen atoms in total. The number of rotatable bonds is 5. The van der Waals surface area contributed by atoms with Crippen LogP contribution in [0.4, 0.5) is 13.2 Å². The van der Waals surface area contributed by atoms with Crippen molar-refractivity contribution in [3.63, 3.8) is 0 Å². The minimum Gasteiger partial charge on any atom is -0.313 e. The van der Waals surface area contributed by atoms with Crippen molar-refractivity contribution in [1.29, 1.82) is 5.26 Å². The van der Waals surface area contributed by atoms with E-state index in [9.17, 15) is 13.2 Å². The Morgan fingerprint density at radius 3 is 2.75 bits per heavy atom. The summed E-state index contributed by atoms with van der Waals surface area (Å²) in [6, 6.07) is 1.21. The minimum absolute atomic E-state index is 0.303. The molecule has 1 aromatic heterocycles. The lowest BCUT2D eigenvalue weighted by Gasteiger charge is -2.13. The molecular formula is C8H10F3N5. The molecule has 8 heteroatoms. The standard InChI is InChI=1S/C8H10F3N5/c9-8(10,11)7(5-12)6-13-1-3-16-4-2-14-15-16/h2,4,7,13H,1,3,6H2. The van der Waals surface area contributed by atoms with E-state index in [2.05, 4.69) is 15.6 Å². The van der Waals surface area contributed by atoms with Crippen LogP contribution in [0.1, 0.15) is 0 Å². The summed E-state index contributed by atoms with van der Waals surface area (Å²) in [7, 11) is 0. The second-order valence-electron chi connectivity index (χ2n) is 3.09. The molecule has 1 rings (SSSR count). The number of nitrogens with one attached hydrogen (secondary N) is 1. The maximum atomic E-state index is 12.1. The molecule has 0 saturated heterocycles. The Morgan fingerprint density at radius 2 is 2.25 bits per heavy atom. The van der Waals surface area contributed by atoms with E-state index in [1.165, 1.54) is 16.9 Å². The van der Waals surface area contributed by atoms with Crippen LogP contribution in [-0.2, 0) is 6.54 Å². The van der Waals surface area contributed by atoms with Gasteiger partial charge in [-0.15, -0.1) is 5.10 Å². The number of nitriles is 1. The van der Waals surface area contributed by atoms with E-state index in [0.29, 0.717) is 13.1 Å². The van der Waals surface area contributed by atoms with Crippen molar-refractivity contribution in [2.24, 2.45) is 5.92 Å². The molecule has 1 N–H and O–H groups in total. The van der Waals surface area contributed by atoms with E-state index in [0.717, 1.165) is 0 Å². The number of hydrogen-bond donors (Lipinski definition) is 1. The van der Waals surface area contributed by atoms with E-state index in [-0.39, 0.29) is 0 Å². The van der Waals surface area contributed by atoms with Crippen LogP contribution in [0.3, 0.4) is 0 Å². The molecule has 0 bridgehead atoms. The fourth-order valence-corrected chi connectivity index (χ4v) is 1.03. The Hall–Kier alpha value is -1.62. The van der Waals surface area contributed by atoms with E-state index < -0.39 is 18.6 Å². The van der Waals surface area contributed by atoms with Crippen LogP contribution >= 0.6 is 0 Å². The maximum Gasteiger partial charge on any atom is 0.405 e. The predicted octanol–water partition coefficient (Wildman–Crippen LogP) is 0.570. The van der Waals surface area contributed by atoms with Crippen LogP contribution in [0, 0.1) is 17.2 Å². The van der Waals surface area contributed by atoms with Gasteiger partial charge in [-0.05, 0) is 0 Å². The maximum absolute atomic E-state index is 12.1. The third-order valence-corrected chi connectivity index (χ3v) is 1.89. The number of hydrogen-bond acceptors (Lipinski definition) is 4. The van der Waals surface area contributed by atoms with Gasteiger partial charge in [0.15, 0.2) is 5.92 Å². The van der Waals surface area contributed by atoms with Crippen molar-refractivity contribution in [2.75, 3.05) is 13.1 Å². The topological polar surface area (TPSA) is 66.5 Å². The van der Waals surface area contributed by atoms with E-state index in [4.69, 9.17) is 5.26 Å². The van der Waals surface area contributed by atoms with Crippen molar-refractivity contribution >= 4 is 0 Å². The SMILES string of the molecule is N#CC(CNCCn1ccnn1)C(F)(F)F. The lowest BCUT2D eigenvalue weighted by atomic mass is 10.1. The normalized spacial score (nSPS) is 13.4. The summed E-state index contributed by atoms with van der Waals surface area (Å²) >= 11 is 0. The van der Waals surface area contributed by atoms with Crippen molar-refractivity contribution in [3.05, 3.63) is 12.4 Å². The molecule has 0 aliphatic rings. The first kappa shape index (κ1) is 12.4. The van der Waals surface area contributed by atoms with Gasteiger partial charge in [0, 0.05) is 19.3 Å². The molecule has 0 amide bonds. The van der Waals surface area contributed by atoms with Crippen LogP contribution in [0.2, 0.25) is 0 Å². The summed E-state index contributed by atoms with van der Waals surface area (Å²) in [5.74, 6) is -1.97. The summed E-state index contributed by atoms with van der Waals surface area (Å²) in [5, 5.41) is 18.0. The zero-order valence-corrected chi connectivity index (χ0v) is 8.28. The van der Waals surface area contributed by atoms with E-state index in [1.807, 2.05) is 0 Å². The molecule has 0 spiro atoms. The molecule has 0 aromatic carbocycles. The smallest absolute Gasteiger partial charge is 0.313 e. The van der Waals surface area contributed by atoms with Gasteiger partial charge in [-0.1, -0.05) is 5.21 Å². The highest BCUT2D eigenvalue weighted by Gasteiger charge is 2.39. The first-order valence-electron chi connectivity index (χ1n) is 4.55. The summed E-state index contributed by atoms with van der Waals surface area (Å²) in [4.78, 5) is 0. The largest absolute Gasteiger partial charge is 0.405 e. The third-order valence-electron chi connectivity index (χ3n) is 1.89. The third kappa shape index (κ3) is 3.86. The summed E-state index contributed by atoms with van der Waals surface area (Å²) in [6.45, 7) is 0.308. The molecule has 0 aliphatic heterocycles. The van der Waals surface area contributed by atoms with Crippen LogP contribution in [0.15, 0.2) is 12.4 Å². The highest BCUT2D eigenvalue weighted by atomic mass is 19.4.